The molecule has 1 aliphatic rings. The first-order valence-corrected chi connectivity index (χ1v) is 7.35. The van der Waals surface area contributed by atoms with E-state index < -0.39 is 0 Å². The molecule has 0 bridgehead atoms. The van der Waals surface area contributed by atoms with Gasteiger partial charge < -0.3 is 4.48 Å². The molecule has 1 unspecified atom stereocenters. The van der Waals surface area contributed by atoms with Crippen LogP contribution in [-0.2, 0) is 0 Å². The van der Waals surface area contributed by atoms with Gasteiger partial charge in [-0.05, 0) is 51.5 Å². The zero-order valence-corrected chi connectivity index (χ0v) is 12.3. The number of hydrogen-bond acceptors (Lipinski definition) is 0. The van der Waals surface area contributed by atoms with Crippen molar-refractivity contribution >= 4 is 11.6 Å². The van der Waals surface area contributed by atoms with Crippen LogP contribution in [0.25, 0.3) is 0 Å². The van der Waals surface area contributed by atoms with Crippen LogP contribution in [0, 0.1) is 5.92 Å². The maximum atomic E-state index is 5.91. The number of halogens is 1. The lowest BCUT2D eigenvalue weighted by Gasteiger charge is -2.32. The van der Waals surface area contributed by atoms with Gasteiger partial charge in [-0.25, -0.2) is 0 Å². The van der Waals surface area contributed by atoms with E-state index in [2.05, 4.69) is 33.0 Å². The third-order valence-electron chi connectivity index (χ3n) is 4.19. The smallest absolute Gasteiger partial charge is 0.0784 e. The van der Waals surface area contributed by atoms with Gasteiger partial charge in [0.1, 0.15) is 0 Å². The highest BCUT2D eigenvalue weighted by atomic mass is 35.5. The molecule has 1 rings (SSSR count). The van der Waals surface area contributed by atoms with Gasteiger partial charge in [-0.2, -0.15) is 0 Å². The molecule has 1 nitrogen and oxygen atoms in total. The molecule has 0 heterocycles. The minimum absolute atomic E-state index is 0.722. The Labute approximate surface area is 112 Å². The van der Waals surface area contributed by atoms with Crippen molar-refractivity contribution in [2.75, 3.05) is 26.7 Å². The topological polar surface area (TPSA) is 0 Å². The summed E-state index contributed by atoms with van der Waals surface area (Å²) in [4.78, 5) is 0. The fourth-order valence-corrected chi connectivity index (χ4v) is 2.45. The van der Waals surface area contributed by atoms with E-state index in [1.54, 1.807) is 0 Å². The molecule has 0 amide bonds. The van der Waals surface area contributed by atoms with Crippen molar-refractivity contribution in [2.24, 2.45) is 5.92 Å². The highest BCUT2D eigenvalue weighted by molar-refractivity contribution is 6.31. The zero-order valence-electron chi connectivity index (χ0n) is 11.6. The van der Waals surface area contributed by atoms with Crippen molar-refractivity contribution in [2.45, 2.75) is 39.5 Å². The molecule has 0 fully saturated rings. The third-order valence-corrected chi connectivity index (χ3v) is 4.47. The molecule has 0 aromatic carbocycles. The molecule has 0 radical (unpaired) electrons. The summed E-state index contributed by atoms with van der Waals surface area (Å²) in [6.45, 7) is 8.40. The second kappa shape index (κ2) is 7.23. The first-order valence-electron chi connectivity index (χ1n) is 6.97. The summed E-state index contributed by atoms with van der Waals surface area (Å²) in [6.07, 6.45) is 11.6. The van der Waals surface area contributed by atoms with Crippen LogP contribution in [0.2, 0.25) is 0 Å². The SMILES string of the molecule is CC[N+](C)(CC)CCCCC1C=CC(Cl)=CC1. The molecule has 1 atom stereocenters. The molecule has 2 heteroatoms. The lowest BCUT2D eigenvalue weighted by molar-refractivity contribution is -0.906. The summed E-state index contributed by atoms with van der Waals surface area (Å²) in [7, 11) is 2.36. The Hall–Kier alpha value is -0.270. The maximum Gasteiger partial charge on any atom is 0.0784 e. The number of rotatable bonds is 7. The van der Waals surface area contributed by atoms with Gasteiger partial charge in [-0.15, -0.1) is 0 Å². The van der Waals surface area contributed by atoms with E-state index >= 15 is 0 Å². The number of allylic oxidation sites excluding steroid dienone is 4. The van der Waals surface area contributed by atoms with Gasteiger partial charge in [0.2, 0.25) is 0 Å². The Bertz CT molecular complexity index is 277. The van der Waals surface area contributed by atoms with E-state index in [0.29, 0.717) is 0 Å². The lowest BCUT2D eigenvalue weighted by atomic mass is 9.95. The van der Waals surface area contributed by atoms with Crippen molar-refractivity contribution in [3.8, 4) is 0 Å². The van der Waals surface area contributed by atoms with E-state index in [9.17, 15) is 0 Å². The first-order chi connectivity index (χ1) is 8.09. The van der Waals surface area contributed by atoms with Gasteiger partial charge >= 0.3 is 0 Å². The maximum absolute atomic E-state index is 5.91. The number of unbranched alkanes of at least 4 members (excludes halogenated alkanes) is 1. The summed E-state index contributed by atoms with van der Waals surface area (Å²) >= 11 is 5.91. The highest BCUT2D eigenvalue weighted by Crippen LogP contribution is 2.23. The van der Waals surface area contributed by atoms with E-state index in [0.717, 1.165) is 17.4 Å². The van der Waals surface area contributed by atoms with E-state index in [-0.39, 0.29) is 0 Å². The highest BCUT2D eigenvalue weighted by Gasteiger charge is 2.15. The van der Waals surface area contributed by atoms with Gasteiger partial charge in [-0.1, -0.05) is 23.8 Å². The van der Waals surface area contributed by atoms with Crippen molar-refractivity contribution in [1.82, 2.24) is 0 Å². The molecule has 0 N–H and O–H groups in total. The van der Waals surface area contributed by atoms with Crippen LogP contribution >= 0.6 is 11.6 Å². The Morgan fingerprint density at radius 3 is 2.53 bits per heavy atom. The molecule has 0 spiro atoms. The van der Waals surface area contributed by atoms with Crippen molar-refractivity contribution < 1.29 is 4.48 Å². The molecule has 0 saturated heterocycles. The average Bonchev–Trinajstić information content (AvgIpc) is 2.36. The second-order valence-electron chi connectivity index (χ2n) is 5.42. The van der Waals surface area contributed by atoms with Crippen molar-refractivity contribution in [3.63, 3.8) is 0 Å². The van der Waals surface area contributed by atoms with Crippen molar-refractivity contribution in [3.05, 3.63) is 23.3 Å². The van der Waals surface area contributed by atoms with Crippen LogP contribution in [-0.4, -0.2) is 31.2 Å². The lowest BCUT2D eigenvalue weighted by Crippen LogP contribution is -2.44. The minimum Gasteiger partial charge on any atom is -0.327 e. The fourth-order valence-electron chi connectivity index (χ4n) is 2.29. The van der Waals surface area contributed by atoms with E-state index in [1.807, 2.05) is 6.08 Å². The fraction of sp³-hybridized carbons (Fsp3) is 0.733. The third kappa shape index (κ3) is 5.27. The molecule has 98 valence electrons. The summed E-state index contributed by atoms with van der Waals surface area (Å²) in [5, 5.41) is 0.905. The first kappa shape index (κ1) is 14.8. The molecule has 1 aliphatic carbocycles. The van der Waals surface area contributed by atoms with E-state index in [1.165, 1.54) is 43.4 Å². The Morgan fingerprint density at radius 1 is 1.29 bits per heavy atom. The normalized spacial score (nSPS) is 20.5. The Balaban J connectivity index is 2.15. The standard InChI is InChI=1S/C15H27ClN/c1-4-17(3,5-2)13-7-6-8-14-9-11-15(16)12-10-14/h9,11-12,14H,4-8,10,13H2,1-3H3/q+1. The molecule has 17 heavy (non-hydrogen) atoms. The van der Waals surface area contributed by atoms with Gasteiger partial charge in [0.15, 0.2) is 0 Å². The molecule has 0 aliphatic heterocycles. The second-order valence-corrected chi connectivity index (χ2v) is 5.85. The number of quaternary nitrogens is 1. The van der Waals surface area contributed by atoms with Gasteiger partial charge in [-0.3, -0.25) is 0 Å². The summed E-state index contributed by atoms with van der Waals surface area (Å²) in [6, 6.07) is 0. The molecular weight excluding hydrogens is 230 g/mol. The predicted octanol–water partition coefficient (Wildman–Crippen LogP) is 4.34. The Morgan fingerprint density at radius 2 is 2.00 bits per heavy atom. The average molecular weight is 257 g/mol. The van der Waals surface area contributed by atoms with Gasteiger partial charge in [0.05, 0.1) is 26.7 Å². The van der Waals surface area contributed by atoms with Crippen LogP contribution in [0.4, 0.5) is 0 Å². The minimum atomic E-state index is 0.722. The van der Waals surface area contributed by atoms with Crippen molar-refractivity contribution in [1.29, 1.82) is 0 Å². The monoisotopic (exact) mass is 256 g/mol. The van der Waals surface area contributed by atoms with Gasteiger partial charge in [0.25, 0.3) is 0 Å². The van der Waals surface area contributed by atoms with Crippen LogP contribution in [0.5, 0.6) is 0 Å². The number of nitrogens with zero attached hydrogens (tertiary/aromatic N) is 1. The quantitative estimate of drug-likeness (QED) is 0.470. The largest absolute Gasteiger partial charge is 0.327 e. The van der Waals surface area contributed by atoms with Crippen LogP contribution < -0.4 is 0 Å². The number of hydrogen-bond donors (Lipinski definition) is 0. The van der Waals surface area contributed by atoms with Crippen LogP contribution in [0.15, 0.2) is 23.3 Å². The zero-order chi connectivity index (χ0) is 12.7. The Kier molecular flexibility index (Phi) is 6.29. The molecule has 0 aromatic rings. The summed E-state index contributed by atoms with van der Waals surface area (Å²) in [5.41, 5.74) is 0. The molecular formula is C15H27ClN+. The summed E-state index contributed by atoms with van der Waals surface area (Å²) in [5.74, 6) is 0.722. The van der Waals surface area contributed by atoms with Crippen LogP contribution in [0.1, 0.15) is 39.5 Å². The predicted molar refractivity (Wildman–Crippen MR) is 77.2 cm³/mol. The van der Waals surface area contributed by atoms with Gasteiger partial charge in [0, 0.05) is 5.03 Å². The van der Waals surface area contributed by atoms with E-state index in [4.69, 9.17) is 11.6 Å². The summed E-state index contributed by atoms with van der Waals surface area (Å²) < 4.78 is 1.21. The molecule has 0 aromatic heterocycles. The van der Waals surface area contributed by atoms with Crippen LogP contribution in [0.3, 0.4) is 0 Å². The molecule has 0 saturated carbocycles.